The summed E-state index contributed by atoms with van der Waals surface area (Å²) in [6.45, 7) is 2.72. The van der Waals surface area contributed by atoms with Crippen LogP contribution < -0.4 is 0 Å². The summed E-state index contributed by atoms with van der Waals surface area (Å²) in [5.74, 6) is -0.0633. The molecule has 0 N–H and O–H groups in total. The third-order valence-electron chi connectivity index (χ3n) is 5.47. The van der Waals surface area contributed by atoms with Crippen LogP contribution in [0.3, 0.4) is 0 Å². The molecular weight excluding hydrogens is 374 g/mol. The lowest BCUT2D eigenvalue weighted by molar-refractivity contribution is 0.0671. The Bertz CT molecular complexity index is 1180. The quantitative estimate of drug-likeness (QED) is 0.482. The Kier molecular flexibility index (Phi) is 3.98. The minimum atomic E-state index is -0.0633. The molecule has 1 aliphatic heterocycles. The second-order valence-corrected chi connectivity index (χ2v) is 7.49. The second-order valence-electron chi connectivity index (χ2n) is 7.06. The number of benzene rings is 1. The van der Waals surface area contributed by atoms with Crippen LogP contribution in [0.2, 0.25) is 5.02 Å². The first kappa shape index (κ1) is 17.1. The first-order chi connectivity index (χ1) is 13.6. The van der Waals surface area contributed by atoms with Gasteiger partial charge in [-0.25, -0.2) is 4.52 Å². The van der Waals surface area contributed by atoms with E-state index in [1.807, 2.05) is 29.2 Å². The average Bonchev–Trinajstić information content (AvgIpc) is 3.37. The van der Waals surface area contributed by atoms with Gasteiger partial charge in [-0.3, -0.25) is 4.79 Å². The lowest BCUT2D eigenvalue weighted by Gasteiger charge is -2.35. The maximum absolute atomic E-state index is 13.2. The molecule has 0 saturated heterocycles. The van der Waals surface area contributed by atoms with Gasteiger partial charge in [-0.2, -0.15) is 5.10 Å². The number of hydrogen-bond donors (Lipinski definition) is 0. The first-order valence-corrected chi connectivity index (χ1v) is 9.60. The SMILES string of the molecule is CC1c2cccc(-c3ccoc3)c2CCN1C(=O)c1cc2ccc(Cl)cn2n1. The van der Waals surface area contributed by atoms with E-state index in [4.69, 9.17) is 16.0 Å². The van der Waals surface area contributed by atoms with E-state index in [1.165, 1.54) is 16.7 Å². The van der Waals surface area contributed by atoms with E-state index in [9.17, 15) is 4.79 Å². The Morgan fingerprint density at radius 3 is 2.96 bits per heavy atom. The molecule has 140 valence electrons. The van der Waals surface area contributed by atoms with Crippen LogP contribution in [0.5, 0.6) is 0 Å². The van der Waals surface area contributed by atoms with Gasteiger partial charge in [0.05, 0.1) is 29.1 Å². The largest absolute Gasteiger partial charge is 0.472 e. The Balaban J connectivity index is 1.49. The van der Waals surface area contributed by atoms with E-state index < -0.39 is 0 Å². The molecule has 1 amide bonds. The van der Waals surface area contributed by atoms with Crippen molar-refractivity contribution in [1.29, 1.82) is 0 Å². The van der Waals surface area contributed by atoms with Gasteiger partial charge in [0, 0.05) is 18.3 Å². The molecule has 3 aromatic heterocycles. The van der Waals surface area contributed by atoms with E-state index in [1.54, 1.807) is 29.3 Å². The van der Waals surface area contributed by atoms with Gasteiger partial charge in [0.15, 0.2) is 5.69 Å². The molecule has 0 spiro atoms. The van der Waals surface area contributed by atoms with Crippen molar-refractivity contribution in [3.05, 3.63) is 83.0 Å². The van der Waals surface area contributed by atoms with Crippen molar-refractivity contribution in [2.45, 2.75) is 19.4 Å². The third-order valence-corrected chi connectivity index (χ3v) is 5.69. The van der Waals surface area contributed by atoms with E-state index in [0.717, 1.165) is 17.5 Å². The van der Waals surface area contributed by atoms with Crippen LogP contribution >= 0.6 is 11.6 Å². The normalized spacial score (nSPS) is 16.4. The van der Waals surface area contributed by atoms with Crippen molar-refractivity contribution in [3.8, 4) is 11.1 Å². The number of rotatable bonds is 2. The minimum Gasteiger partial charge on any atom is -0.472 e. The van der Waals surface area contributed by atoms with E-state index in [-0.39, 0.29) is 11.9 Å². The van der Waals surface area contributed by atoms with Crippen LogP contribution in [0, 0.1) is 0 Å². The Hall–Kier alpha value is -3.05. The predicted molar refractivity (Wildman–Crippen MR) is 108 cm³/mol. The number of pyridine rings is 1. The first-order valence-electron chi connectivity index (χ1n) is 9.22. The Morgan fingerprint density at radius 2 is 2.14 bits per heavy atom. The van der Waals surface area contributed by atoms with Crippen LogP contribution in [0.25, 0.3) is 16.6 Å². The Labute approximate surface area is 167 Å². The van der Waals surface area contributed by atoms with Crippen molar-refractivity contribution in [3.63, 3.8) is 0 Å². The summed E-state index contributed by atoms with van der Waals surface area (Å²) in [6.07, 6.45) is 5.96. The number of nitrogens with zero attached hydrogens (tertiary/aromatic N) is 3. The molecule has 1 aromatic carbocycles. The molecule has 5 nitrogen and oxygen atoms in total. The number of hydrogen-bond acceptors (Lipinski definition) is 3. The highest BCUT2D eigenvalue weighted by molar-refractivity contribution is 6.30. The van der Waals surface area contributed by atoms with Crippen molar-refractivity contribution >= 4 is 23.0 Å². The lowest BCUT2D eigenvalue weighted by Crippen LogP contribution is -2.39. The van der Waals surface area contributed by atoms with Crippen molar-refractivity contribution in [1.82, 2.24) is 14.5 Å². The number of amides is 1. The molecule has 0 aliphatic carbocycles. The molecule has 0 saturated carbocycles. The van der Waals surface area contributed by atoms with Crippen molar-refractivity contribution in [2.75, 3.05) is 6.54 Å². The van der Waals surface area contributed by atoms with E-state index in [0.29, 0.717) is 17.3 Å². The zero-order chi connectivity index (χ0) is 19.3. The molecule has 0 bridgehead atoms. The van der Waals surface area contributed by atoms with Crippen LogP contribution in [0.1, 0.15) is 34.6 Å². The van der Waals surface area contributed by atoms with Gasteiger partial charge in [-0.15, -0.1) is 0 Å². The van der Waals surface area contributed by atoms with Crippen molar-refractivity contribution < 1.29 is 9.21 Å². The van der Waals surface area contributed by atoms with Gasteiger partial charge in [-0.05, 0) is 54.3 Å². The van der Waals surface area contributed by atoms with Gasteiger partial charge in [0.1, 0.15) is 0 Å². The van der Waals surface area contributed by atoms with Crippen LogP contribution in [-0.2, 0) is 6.42 Å². The number of fused-ring (bicyclic) bond motifs is 2. The van der Waals surface area contributed by atoms with Gasteiger partial charge in [0.25, 0.3) is 5.91 Å². The highest BCUT2D eigenvalue weighted by Gasteiger charge is 2.31. The lowest BCUT2D eigenvalue weighted by atomic mass is 9.87. The third kappa shape index (κ3) is 2.70. The average molecular weight is 392 g/mol. The number of carbonyl (C=O) groups excluding carboxylic acids is 1. The molecule has 0 radical (unpaired) electrons. The number of aromatic nitrogens is 2. The number of halogens is 1. The topological polar surface area (TPSA) is 50.8 Å². The molecule has 4 heterocycles. The summed E-state index contributed by atoms with van der Waals surface area (Å²) in [5.41, 5.74) is 5.98. The standard InChI is InChI=1S/C22H18ClN3O2/c1-14-18-3-2-4-19(15-8-10-28-13-15)20(18)7-9-25(14)22(27)21-11-17-6-5-16(23)12-26(17)24-21/h2-6,8,10-14H,7,9H2,1H3. The summed E-state index contributed by atoms with van der Waals surface area (Å²) in [5, 5.41) is 5.01. The zero-order valence-electron chi connectivity index (χ0n) is 15.3. The molecule has 6 heteroatoms. The fraction of sp³-hybridized carbons (Fsp3) is 0.182. The predicted octanol–water partition coefficient (Wildman–Crippen LogP) is 5.01. The van der Waals surface area contributed by atoms with Crippen LogP contribution in [0.15, 0.2) is 65.6 Å². The fourth-order valence-corrected chi connectivity index (χ4v) is 4.20. The molecule has 1 unspecified atom stereocenters. The highest BCUT2D eigenvalue weighted by atomic mass is 35.5. The molecule has 1 aliphatic rings. The molecule has 4 aromatic rings. The smallest absolute Gasteiger partial charge is 0.274 e. The van der Waals surface area contributed by atoms with Crippen LogP contribution in [-0.4, -0.2) is 27.0 Å². The summed E-state index contributed by atoms with van der Waals surface area (Å²) >= 11 is 6.03. The van der Waals surface area contributed by atoms with Crippen LogP contribution in [0.4, 0.5) is 0 Å². The van der Waals surface area contributed by atoms with Gasteiger partial charge in [-0.1, -0.05) is 29.8 Å². The number of carbonyl (C=O) groups is 1. The van der Waals surface area contributed by atoms with Gasteiger partial charge >= 0.3 is 0 Å². The summed E-state index contributed by atoms with van der Waals surface area (Å²) in [7, 11) is 0. The van der Waals surface area contributed by atoms with Crippen molar-refractivity contribution in [2.24, 2.45) is 0 Å². The number of furan rings is 1. The summed E-state index contributed by atoms with van der Waals surface area (Å²) < 4.78 is 6.90. The van der Waals surface area contributed by atoms with Gasteiger partial charge in [0.2, 0.25) is 0 Å². The van der Waals surface area contributed by atoms with E-state index in [2.05, 4.69) is 24.2 Å². The Morgan fingerprint density at radius 1 is 1.25 bits per heavy atom. The maximum atomic E-state index is 13.2. The summed E-state index contributed by atoms with van der Waals surface area (Å²) in [4.78, 5) is 15.1. The highest BCUT2D eigenvalue weighted by Crippen LogP contribution is 2.36. The van der Waals surface area contributed by atoms with Gasteiger partial charge < -0.3 is 9.32 Å². The zero-order valence-corrected chi connectivity index (χ0v) is 16.1. The molecule has 5 rings (SSSR count). The monoisotopic (exact) mass is 391 g/mol. The maximum Gasteiger partial charge on any atom is 0.274 e. The second kappa shape index (κ2) is 6.53. The molecule has 0 fully saturated rings. The fourth-order valence-electron chi connectivity index (χ4n) is 4.05. The van der Waals surface area contributed by atoms with E-state index >= 15 is 0 Å². The minimum absolute atomic E-state index is 0.0310. The molecular formula is C22H18ClN3O2. The molecule has 1 atom stereocenters. The summed E-state index contributed by atoms with van der Waals surface area (Å²) in [6, 6.07) is 13.7. The molecule has 28 heavy (non-hydrogen) atoms.